The molecule has 0 aliphatic carbocycles. The van der Waals surface area contributed by atoms with Crippen LogP contribution in [0.15, 0.2) is 30.3 Å². The molecule has 0 heterocycles. The van der Waals surface area contributed by atoms with Gasteiger partial charge in [0.15, 0.2) is 0 Å². The first kappa shape index (κ1) is 15.5. The van der Waals surface area contributed by atoms with Crippen molar-refractivity contribution >= 4 is 34.8 Å². The Morgan fingerprint density at radius 3 is 2.05 bits per heavy atom. The van der Waals surface area contributed by atoms with Crippen molar-refractivity contribution < 1.29 is 13.2 Å². The van der Waals surface area contributed by atoms with E-state index in [2.05, 4.69) is 0 Å². The number of rotatable bonds is 1. The third kappa shape index (κ3) is 2.90. The Bertz CT molecular complexity index is 663. The van der Waals surface area contributed by atoms with Gasteiger partial charge in [-0.3, -0.25) is 0 Å². The molecule has 0 saturated carbocycles. The highest BCUT2D eigenvalue weighted by molar-refractivity contribution is 6.44. The number of hydrogen-bond donors (Lipinski definition) is 0. The second-order valence-electron chi connectivity index (χ2n) is 4.22. The maximum absolute atomic E-state index is 12.9. The van der Waals surface area contributed by atoms with Crippen molar-refractivity contribution in [2.75, 3.05) is 0 Å². The van der Waals surface area contributed by atoms with E-state index in [1.807, 2.05) is 0 Å². The summed E-state index contributed by atoms with van der Waals surface area (Å²) in [7, 11) is 0. The summed E-state index contributed by atoms with van der Waals surface area (Å²) in [6.07, 6.45) is -4.41. The van der Waals surface area contributed by atoms with Crippen LogP contribution >= 0.6 is 34.8 Å². The van der Waals surface area contributed by atoms with Gasteiger partial charge in [-0.15, -0.1) is 0 Å². The molecule has 0 fully saturated rings. The van der Waals surface area contributed by atoms with Gasteiger partial charge in [0.25, 0.3) is 0 Å². The summed E-state index contributed by atoms with van der Waals surface area (Å²) in [5.74, 6) is 0. The molecule has 0 aliphatic rings. The van der Waals surface area contributed by atoms with Gasteiger partial charge < -0.3 is 0 Å². The van der Waals surface area contributed by atoms with Crippen molar-refractivity contribution in [1.82, 2.24) is 0 Å². The molecule has 0 bridgehead atoms. The zero-order chi connectivity index (χ0) is 15.1. The largest absolute Gasteiger partial charge is 0.416 e. The van der Waals surface area contributed by atoms with Crippen molar-refractivity contribution in [1.29, 1.82) is 0 Å². The molecule has 0 N–H and O–H groups in total. The third-order valence-electron chi connectivity index (χ3n) is 2.94. The van der Waals surface area contributed by atoms with Gasteiger partial charge in [-0.25, -0.2) is 0 Å². The molecule has 20 heavy (non-hydrogen) atoms. The minimum atomic E-state index is -4.41. The van der Waals surface area contributed by atoms with E-state index < -0.39 is 11.7 Å². The minimum Gasteiger partial charge on any atom is -0.166 e. The second kappa shape index (κ2) is 5.47. The van der Waals surface area contributed by atoms with Crippen LogP contribution in [0.25, 0.3) is 11.1 Å². The zero-order valence-corrected chi connectivity index (χ0v) is 12.4. The van der Waals surface area contributed by atoms with Crippen LogP contribution in [0.2, 0.25) is 15.1 Å². The fraction of sp³-hybridized carbons (Fsp3) is 0.143. The number of halogens is 6. The summed E-state index contributed by atoms with van der Waals surface area (Å²) >= 11 is 17.8. The summed E-state index contributed by atoms with van der Waals surface area (Å²) in [5, 5.41) is 0.745. The Labute approximate surface area is 129 Å². The van der Waals surface area contributed by atoms with Crippen molar-refractivity contribution in [3.8, 4) is 11.1 Å². The Hall–Kier alpha value is -0.900. The van der Waals surface area contributed by atoms with Gasteiger partial charge in [-0.1, -0.05) is 46.9 Å². The van der Waals surface area contributed by atoms with Crippen LogP contribution in [-0.2, 0) is 6.18 Å². The van der Waals surface area contributed by atoms with E-state index in [0.717, 1.165) is 6.07 Å². The van der Waals surface area contributed by atoms with Crippen LogP contribution in [-0.4, -0.2) is 0 Å². The van der Waals surface area contributed by atoms with Crippen molar-refractivity contribution in [3.63, 3.8) is 0 Å². The molecule has 2 aromatic rings. The molecule has 0 aromatic heterocycles. The summed E-state index contributed by atoms with van der Waals surface area (Å²) in [4.78, 5) is 0. The van der Waals surface area contributed by atoms with Crippen molar-refractivity contribution in [3.05, 3.63) is 56.5 Å². The molecule has 0 aliphatic heterocycles. The van der Waals surface area contributed by atoms with Crippen LogP contribution in [0.3, 0.4) is 0 Å². The number of hydrogen-bond acceptors (Lipinski definition) is 0. The molecule has 6 heteroatoms. The molecule has 2 aromatic carbocycles. The number of benzene rings is 2. The minimum absolute atomic E-state index is 0.0975. The Kier molecular flexibility index (Phi) is 4.24. The first-order chi connectivity index (χ1) is 9.21. The molecule has 2 rings (SSSR count). The molecule has 0 atom stereocenters. The number of alkyl halides is 3. The Morgan fingerprint density at radius 1 is 0.850 bits per heavy atom. The first-order valence-electron chi connectivity index (χ1n) is 5.53. The molecule has 0 unspecified atom stereocenters. The summed E-state index contributed by atoms with van der Waals surface area (Å²) in [6.45, 7) is 1.40. The van der Waals surface area contributed by atoms with Gasteiger partial charge in [0.2, 0.25) is 0 Å². The molecule has 0 saturated heterocycles. The van der Waals surface area contributed by atoms with Crippen LogP contribution in [0.1, 0.15) is 11.1 Å². The lowest BCUT2D eigenvalue weighted by Crippen LogP contribution is -2.08. The average Bonchev–Trinajstić information content (AvgIpc) is 2.33. The molecular formula is C14H8Cl3F3. The lowest BCUT2D eigenvalue weighted by molar-refractivity contribution is -0.138. The van der Waals surface area contributed by atoms with E-state index in [9.17, 15) is 13.2 Å². The highest BCUT2D eigenvalue weighted by atomic mass is 35.5. The van der Waals surface area contributed by atoms with Crippen molar-refractivity contribution in [2.45, 2.75) is 13.1 Å². The molecule has 0 amide bonds. The van der Waals surface area contributed by atoms with Crippen LogP contribution in [0.5, 0.6) is 0 Å². The van der Waals surface area contributed by atoms with Gasteiger partial charge >= 0.3 is 6.18 Å². The fourth-order valence-electron chi connectivity index (χ4n) is 1.96. The average molecular weight is 340 g/mol. The predicted molar refractivity (Wildman–Crippen MR) is 76.6 cm³/mol. The predicted octanol–water partition coefficient (Wildman–Crippen LogP) is 6.64. The normalized spacial score (nSPS) is 11.8. The molecular weight excluding hydrogens is 332 g/mol. The lowest BCUT2D eigenvalue weighted by atomic mass is 9.96. The summed E-state index contributed by atoms with van der Waals surface area (Å²) in [5.41, 5.74) is 0.200. The topological polar surface area (TPSA) is 0 Å². The van der Waals surface area contributed by atoms with Gasteiger partial charge in [0.05, 0.1) is 15.6 Å². The van der Waals surface area contributed by atoms with E-state index in [-0.39, 0.29) is 20.6 Å². The van der Waals surface area contributed by atoms with Crippen LogP contribution < -0.4 is 0 Å². The smallest absolute Gasteiger partial charge is 0.166 e. The maximum Gasteiger partial charge on any atom is 0.416 e. The van der Waals surface area contributed by atoms with Crippen LogP contribution in [0, 0.1) is 6.92 Å². The van der Waals surface area contributed by atoms with Gasteiger partial charge in [0, 0.05) is 10.6 Å². The van der Waals surface area contributed by atoms with Gasteiger partial charge in [-0.2, -0.15) is 13.2 Å². The molecule has 106 valence electrons. The highest BCUT2D eigenvalue weighted by Gasteiger charge is 2.33. The van der Waals surface area contributed by atoms with E-state index in [1.54, 1.807) is 6.07 Å². The van der Waals surface area contributed by atoms with E-state index in [0.29, 0.717) is 11.1 Å². The Morgan fingerprint density at radius 2 is 1.45 bits per heavy atom. The van der Waals surface area contributed by atoms with Gasteiger partial charge in [0.1, 0.15) is 0 Å². The second-order valence-corrected chi connectivity index (χ2v) is 5.44. The molecule has 0 radical (unpaired) electrons. The van der Waals surface area contributed by atoms with E-state index in [4.69, 9.17) is 34.8 Å². The fourth-order valence-corrected chi connectivity index (χ4v) is 2.61. The quantitative estimate of drug-likeness (QED) is 0.511. The third-order valence-corrected chi connectivity index (χ3v) is 3.97. The van der Waals surface area contributed by atoms with E-state index in [1.165, 1.54) is 25.1 Å². The summed E-state index contributed by atoms with van der Waals surface area (Å²) in [6, 6.07) is 6.82. The zero-order valence-electron chi connectivity index (χ0n) is 10.2. The molecule has 0 nitrogen and oxygen atoms in total. The highest BCUT2D eigenvalue weighted by Crippen LogP contribution is 2.40. The molecule has 0 spiro atoms. The SMILES string of the molecule is Cc1c(-c2cc(Cl)c(Cl)cc2Cl)cccc1C(F)(F)F. The summed E-state index contributed by atoms with van der Waals surface area (Å²) < 4.78 is 38.7. The first-order valence-corrected chi connectivity index (χ1v) is 6.67. The van der Waals surface area contributed by atoms with Gasteiger partial charge in [-0.05, 0) is 36.2 Å². The lowest BCUT2D eigenvalue weighted by Gasteiger charge is -2.15. The Balaban J connectivity index is 2.69. The standard InChI is InChI=1S/C14H8Cl3F3/c1-7-8(3-2-4-10(7)14(18,19)20)9-5-12(16)13(17)6-11(9)15/h2-6H,1H3. The monoisotopic (exact) mass is 338 g/mol. The van der Waals surface area contributed by atoms with E-state index >= 15 is 0 Å². The van der Waals surface area contributed by atoms with Crippen LogP contribution in [0.4, 0.5) is 13.2 Å². The van der Waals surface area contributed by atoms with Crippen molar-refractivity contribution in [2.24, 2.45) is 0 Å². The maximum atomic E-state index is 12.9.